The van der Waals surface area contributed by atoms with Gasteiger partial charge >= 0.3 is 5.97 Å². The van der Waals surface area contributed by atoms with Gasteiger partial charge in [0, 0.05) is 27.7 Å². The molecule has 0 atom stereocenters. The number of benzene rings is 1. The number of carboxylic acids is 1. The molecule has 2 heterocycles. The number of rotatable bonds is 3. The molecule has 19 heavy (non-hydrogen) atoms. The van der Waals surface area contributed by atoms with Crippen molar-refractivity contribution >= 4 is 28.5 Å². The van der Waals surface area contributed by atoms with Crippen LogP contribution >= 0.6 is 11.6 Å². The molecule has 0 bridgehead atoms. The van der Waals surface area contributed by atoms with Gasteiger partial charge in [-0.15, -0.1) is 0 Å². The molecule has 0 radical (unpaired) electrons. The minimum Gasteiger partial charge on any atom is -0.475 e. The van der Waals surface area contributed by atoms with E-state index in [9.17, 15) is 4.79 Å². The van der Waals surface area contributed by atoms with Crippen LogP contribution < -0.4 is 0 Å². The summed E-state index contributed by atoms with van der Waals surface area (Å²) in [5.74, 6) is -1.07. The van der Waals surface area contributed by atoms with Crippen LogP contribution in [-0.4, -0.2) is 15.6 Å². The Kier molecular flexibility index (Phi) is 2.80. The normalized spacial score (nSPS) is 11.0. The summed E-state index contributed by atoms with van der Waals surface area (Å²) >= 11 is 5.94. The standard InChI is InChI=1S/C14H10ClNO3/c15-11-1-2-12-9(7-11)3-5-16(12)8-10-4-6-19-13(10)14(17)18/h1-7H,8H2,(H,17,18). The van der Waals surface area contributed by atoms with Gasteiger partial charge in [-0.25, -0.2) is 4.79 Å². The van der Waals surface area contributed by atoms with Crippen molar-refractivity contribution in [2.45, 2.75) is 6.54 Å². The molecule has 96 valence electrons. The van der Waals surface area contributed by atoms with Crippen molar-refractivity contribution in [3.8, 4) is 0 Å². The van der Waals surface area contributed by atoms with Crippen LogP contribution in [0.3, 0.4) is 0 Å². The molecule has 0 unspecified atom stereocenters. The van der Waals surface area contributed by atoms with Gasteiger partial charge in [0.1, 0.15) is 0 Å². The van der Waals surface area contributed by atoms with E-state index in [0.717, 1.165) is 10.9 Å². The number of hydrogen-bond donors (Lipinski definition) is 1. The van der Waals surface area contributed by atoms with Crippen molar-refractivity contribution in [3.63, 3.8) is 0 Å². The summed E-state index contributed by atoms with van der Waals surface area (Å²) in [6.45, 7) is 0.448. The van der Waals surface area contributed by atoms with E-state index in [2.05, 4.69) is 0 Å². The highest BCUT2D eigenvalue weighted by molar-refractivity contribution is 6.31. The molecule has 5 heteroatoms. The maximum atomic E-state index is 11.0. The third-order valence-electron chi connectivity index (χ3n) is 3.01. The van der Waals surface area contributed by atoms with Crippen LogP contribution in [0.4, 0.5) is 0 Å². The summed E-state index contributed by atoms with van der Waals surface area (Å²) in [6, 6.07) is 9.22. The molecule has 1 N–H and O–H groups in total. The Morgan fingerprint density at radius 3 is 2.95 bits per heavy atom. The van der Waals surface area contributed by atoms with Crippen molar-refractivity contribution in [3.05, 3.63) is 59.1 Å². The number of aromatic nitrogens is 1. The van der Waals surface area contributed by atoms with Gasteiger partial charge in [0.25, 0.3) is 0 Å². The van der Waals surface area contributed by atoms with E-state index in [1.807, 2.05) is 35.0 Å². The summed E-state index contributed by atoms with van der Waals surface area (Å²) in [7, 11) is 0. The predicted octanol–water partition coefficient (Wildman–Crippen LogP) is 3.63. The maximum absolute atomic E-state index is 11.0. The van der Waals surface area contributed by atoms with E-state index >= 15 is 0 Å². The zero-order valence-corrected chi connectivity index (χ0v) is 10.6. The third-order valence-corrected chi connectivity index (χ3v) is 3.25. The highest BCUT2D eigenvalue weighted by Gasteiger charge is 2.14. The molecule has 4 nitrogen and oxygen atoms in total. The fraction of sp³-hybridized carbons (Fsp3) is 0.0714. The van der Waals surface area contributed by atoms with Gasteiger partial charge < -0.3 is 14.1 Å². The number of furan rings is 1. The van der Waals surface area contributed by atoms with Crippen molar-refractivity contribution in [1.82, 2.24) is 4.57 Å². The topological polar surface area (TPSA) is 55.4 Å². The fourth-order valence-corrected chi connectivity index (χ4v) is 2.32. The first-order valence-electron chi connectivity index (χ1n) is 5.69. The monoisotopic (exact) mass is 275 g/mol. The van der Waals surface area contributed by atoms with Crippen molar-refractivity contribution < 1.29 is 14.3 Å². The Bertz CT molecular complexity index is 757. The first-order valence-corrected chi connectivity index (χ1v) is 6.07. The molecule has 2 aromatic heterocycles. The van der Waals surface area contributed by atoms with Crippen LogP contribution in [0.1, 0.15) is 16.1 Å². The molecule has 0 fully saturated rings. The predicted molar refractivity (Wildman–Crippen MR) is 71.7 cm³/mol. The van der Waals surface area contributed by atoms with E-state index in [1.54, 1.807) is 6.07 Å². The van der Waals surface area contributed by atoms with Gasteiger partial charge in [-0.05, 0) is 30.3 Å². The Morgan fingerprint density at radius 1 is 1.32 bits per heavy atom. The number of aromatic carboxylic acids is 1. The Balaban J connectivity index is 2.01. The van der Waals surface area contributed by atoms with Gasteiger partial charge in [-0.2, -0.15) is 0 Å². The van der Waals surface area contributed by atoms with Crippen LogP contribution in [-0.2, 0) is 6.54 Å². The molecule has 0 spiro atoms. The number of fused-ring (bicyclic) bond motifs is 1. The lowest BCUT2D eigenvalue weighted by Gasteiger charge is -2.04. The molecule has 3 aromatic rings. The zero-order chi connectivity index (χ0) is 13.4. The molecule has 0 aliphatic carbocycles. The summed E-state index contributed by atoms with van der Waals surface area (Å²) in [5, 5.41) is 10.7. The molecular formula is C14H10ClNO3. The van der Waals surface area contributed by atoms with E-state index in [-0.39, 0.29) is 5.76 Å². The molecular weight excluding hydrogens is 266 g/mol. The first-order chi connectivity index (χ1) is 9.15. The second kappa shape index (κ2) is 4.48. The van der Waals surface area contributed by atoms with Crippen LogP contribution in [0.25, 0.3) is 10.9 Å². The lowest BCUT2D eigenvalue weighted by Crippen LogP contribution is -2.03. The lowest BCUT2D eigenvalue weighted by molar-refractivity contribution is 0.0660. The molecule has 0 amide bonds. The molecule has 0 saturated carbocycles. The summed E-state index contributed by atoms with van der Waals surface area (Å²) in [5.41, 5.74) is 1.64. The van der Waals surface area contributed by atoms with Gasteiger partial charge in [0.2, 0.25) is 5.76 Å². The van der Waals surface area contributed by atoms with E-state index in [0.29, 0.717) is 17.1 Å². The van der Waals surface area contributed by atoms with Crippen molar-refractivity contribution in [1.29, 1.82) is 0 Å². The molecule has 1 aromatic carbocycles. The second-order valence-corrected chi connectivity index (χ2v) is 4.66. The van der Waals surface area contributed by atoms with Gasteiger partial charge in [0.15, 0.2) is 0 Å². The second-order valence-electron chi connectivity index (χ2n) is 4.23. The number of carboxylic acid groups (broad SMARTS) is 1. The molecule has 0 aliphatic rings. The average molecular weight is 276 g/mol. The zero-order valence-electron chi connectivity index (χ0n) is 9.84. The highest BCUT2D eigenvalue weighted by atomic mass is 35.5. The third kappa shape index (κ3) is 2.11. The van der Waals surface area contributed by atoms with Crippen molar-refractivity contribution in [2.75, 3.05) is 0 Å². The smallest absolute Gasteiger partial charge is 0.372 e. The average Bonchev–Trinajstić information content (AvgIpc) is 2.97. The first kappa shape index (κ1) is 11.9. The minimum atomic E-state index is -1.06. The van der Waals surface area contributed by atoms with Crippen LogP contribution in [0.15, 0.2) is 47.2 Å². The maximum Gasteiger partial charge on any atom is 0.372 e. The van der Waals surface area contributed by atoms with E-state index < -0.39 is 5.97 Å². The minimum absolute atomic E-state index is 0.0178. The Labute approximate surface area is 113 Å². The summed E-state index contributed by atoms with van der Waals surface area (Å²) in [4.78, 5) is 11.0. The van der Waals surface area contributed by atoms with Gasteiger partial charge in [0.05, 0.1) is 12.8 Å². The Hall–Kier alpha value is -2.20. The Morgan fingerprint density at radius 2 is 2.16 bits per heavy atom. The lowest BCUT2D eigenvalue weighted by atomic mass is 10.2. The SMILES string of the molecule is O=C(O)c1occc1Cn1ccc2cc(Cl)ccc21. The summed E-state index contributed by atoms with van der Waals surface area (Å²) in [6.07, 6.45) is 3.29. The van der Waals surface area contributed by atoms with Crippen LogP contribution in [0.2, 0.25) is 5.02 Å². The van der Waals surface area contributed by atoms with Crippen molar-refractivity contribution in [2.24, 2.45) is 0 Å². The number of nitrogens with zero attached hydrogens (tertiary/aromatic N) is 1. The van der Waals surface area contributed by atoms with Crippen LogP contribution in [0, 0.1) is 0 Å². The van der Waals surface area contributed by atoms with Crippen LogP contribution in [0.5, 0.6) is 0 Å². The number of hydrogen-bond acceptors (Lipinski definition) is 2. The highest BCUT2D eigenvalue weighted by Crippen LogP contribution is 2.22. The fourth-order valence-electron chi connectivity index (χ4n) is 2.14. The number of carbonyl (C=O) groups is 1. The van der Waals surface area contributed by atoms with Gasteiger partial charge in [-0.3, -0.25) is 0 Å². The molecule has 0 aliphatic heterocycles. The molecule has 3 rings (SSSR count). The molecule has 0 saturated heterocycles. The quantitative estimate of drug-likeness (QED) is 0.794. The number of halogens is 1. The van der Waals surface area contributed by atoms with E-state index in [4.69, 9.17) is 21.1 Å². The van der Waals surface area contributed by atoms with E-state index in [1.165, 1.54) is 6.26 Å². The largest absolute Gasteiger partial charge is 0.475 e. The summed E-state index contributed by atoms with van der Waals surface area (Å²) < 4.78 is 6.93. The van der Waals surface area contributed by atoms with Gasteiger partial charge in [-0.1, -0.05) is 11.6 Å².